The molecule has 0 spiro atoms. The quantitative estimate of drug-likeness (QED) is 0.165. The molecule has 0 atom stereocenters. The van der Waals surface area contributed by atoms with Crippen molar-refractivity contribution in [1.82, 2.24) is 15.1 Å². The summed E-state index contributed by atoms with van der Waals surface area (Å²) >= 11 is 0. The lowest BCUT2D eigenvalue weighted by Gasteiger charge is -2.14. The van der Waals surface area contributed by atoms with Crippen LogP contribution >= 0.6 is 24.0 Å². The molecule has 2 N–H and O–H groups in total. The second kappa shape index (κ2) is 13.8. The van der Waals surface area contributed by atoms with Crippen LogP contribution in [0.5, 0.6) is 5.75 Å². The van der Waals surface area contributed by atoms with Crippen LogP contribution in [0.15, 0.2) is 29.3 Å². The standard InChI is InChI=1S/C25H39N5O2.HI/c1-18(2)32-23-11-9-22(10-12-23)28-25(26-14-6-16-31-17-21-7-8-21)27-15-13-24-19(3)29-30(5)20(24)4;/h9-12,18,21H,6-8,13-17H2,1-5H3,(H2,26,27,28);1H. The topological polar surface area (TPSA) is 72.7 Å². The Hall–Kier alpha value is -1.81. The van der Waals surface area contributed by atoms with Crippen molar-refractivity contribution >= 4 is 35.6 Å². The van der Waals surface area contributed by atoms with Gasteiger partial charge in [-0.1, -0.05) is 0 Å². The largest absolute Gasteiger partial charge is 0.491 e. The highest BCUT2D eigenvalue weighted by atomic mass is 127. The number of aryl methyl sites for hydroxylation is 2. The maximum Gasteiger partial charge on any atom is 0.195 e. The number of rotatable bonds is 12. The third-order valence-electron chi connectivity index (χ3n) is 5.58. The second-order valence-corrected chi connectivity index (χ2v) is 8.87. The van der Waals surface area contributed by atoms with Gasteiger partial charge in [0.05, 0.1) is 11.8 Å². The van der Waals surface area contributed by atoms with Gasteiger partial charge in [-0.05, 0) is 89.1 Å². The summed E-state index contributed by atoms with van der Waals surface area (Å²) in [5, 5.41) is 11.4. The molecular formula is C25H40IN5O2. The van der Waals surface area contributed by atoms with E-state index < -0.39 is 0 Å². The van der Waals surface area contributed by atoms with Gasteiger partial charge in [-0.3, -0.25) is 9.67 Å². The SMILES string of the molecule is Cc1nn(C)c(C)c1CCNC(=NCCCOCC1CC1)Nc1ccc(OC(C)C)cc1.I. The van der Waals surface area contributed by atoms with Crippen molar-refractivity contribution in [1.29, 1.82) is 0 Å². The molecule has 0 amide bonds. The van der Waals surface area contributed by atoms with Gasteiger partial charge in [-0.2, -0.15) is 5.10 Å². The number of aromatic nitrogens is 2. The van der Waals surface area contributed by atoms with Crippen LogP contribution in [0, 0.1) is 19.8 Å². The van der Waals surface area contributed by atoms with Crippen LogP contribution in [0.4, 0.5) is 5.69 Å². The Morgan fingerprint density at radius 2 is 1.94 bits per heavy atom. The van der Waals surface area contributed by atoms with E-state index in [0.29, 0.717) is 0 Å². The Balaban J connectivity index is 0.00000385. The van der Waals surface area contributed by atoms with E-state index in [2.05, 4.69) is 29.6 Å². The number of nitrogens with one attached hydrogen (secondary N) is 2. The zero-order valence-electron chi connectivity index (χ0n) is 20.7. The van der Waals surface area contributed by atoms with Crippen LogP contribution in [0.3, 0.4) is 0 Å². The third kappa shape index (κ3) is 9.52. The highest BCUT2D eigenvalue weighted by Gasteiger charge is 2.20. The fraction of sp³-hybridized carbons (Fsp3) is 0.600. The number of aliphatic imine (C=N–C) groups is 1. The maximum atomic E-state index is 5.74. The first kappa shape index (κ1) is 27.4. The Morgan fingerprint density at radius 1 is 1.21 bits per heavy atom. The zero-order valence-corrected chi connectivity index (χ0v) is 23.0. The van der Waals surface area contributed by atoms with E-state index in [9.17, 15) is 0 Å². The smallest absolute Gasteiger partial charge is 0.195 e. The summed E-state index contributed by atoms with van der Waals surface area (Å²) in [5.74, 6) is 2.45. The summed E-state index contributed by atoms with van der Waals surface area (Å²) in [6.07, 6.45) is 4.63. The van der Waals surface area contributed by atoms with E-state index >= 15 is 0 Å². The van der Waals surface area contributed by atoms with Crippen LogP contribution in [0.1, 0.15) is 50.1 Å². The molecule has 0 saturated heterocycles. The predicted molar refractivity (Wildman–Crippen MR) is 146 cm³/mol. The lowest BCUT2D eigenvalue weighted by molar-refractivity contribution is 0.123. The minimum absolute atomic E-state index is 0. The van der Waals surface area contributed by atoms with Gasteiger partial charge >= 0.3 is 0 Å². The minimum atomic E-state index is 0. The Labute approximate surface area is 215 Å². The van der Waals surface area contributed by atoms with E-state index in [1.807, 2.05) is 49.8 Å². The summed E-state index contributed by atoms with van der Waals surface area (Å²) in [7, 11) is 1.99. The number of anilines is 1. The number of hydrogen-bond acceptors (Lipinski definition) is 4. The Bertz CT molecular complexity index is 876. The first-order valence-corrected chi connectivity index (χ1v) is 11.8. The van der Waals surface area contributed by atoms with Crippen molar-refractivity contribution in [3.05, 3.63) is 41.2 Å². The molecule has 1 saturated carbocycles. The van der Waals surface area contributed by atoms with Crippen LogP contribution in [-0.2, 0) is 18.2 Å². The van der Waals surface area contributed by atoms with Gasteiger partial charge in [-0.15, -0.1) is 24.0 Å². The lowest BCUT2D eigenvalue weighted by Crippen LogP contribution is -2.33. The number of nitrogens with zero attached hydrogens (tertiary/aromatic N) is 3. The van der Waals surface area contributed by atoms with E-state index in [0.717, 1.165) is 68.2 Å². The fourth-order valence-electron chi connectivity index (χ4n) is 3.54. The molecule has 0 radical (unpaired) electrons. The van der Waals surface area contributed by atoms with Gasteiger partial charge in [0, 0.05) is 44.7 Å². The van der Waals surface area contributed by atoms with Crippen molar-refractivity contribution < 1.29 is 9.47 Å². The summed E-state index contributed by atoms with van der Waals surface area (Å²) in [6.45, 7) is 11.4. The van der Waals surface area contributed by atoms with Crippen LogP contribution < -0.4 is 15.4 Å². The van der Waals surface area contributed by atoms with E-state index in [-0.39, 0.29) is 30.1 Å². The average molecular weight is 570 g/mol. The van der Waals surface area contributed by atoms with Gasteiger partial charge in [0.2, 0.25) is 0 Å². The maximum absolute atomic E-state index is 5.74. The molecule has 2 aromatic rings. The van der Waals surface area contributed by atoms with Crippen LogP contribution in [-0.4, -0.2) is 48.1 Å². The lowest BCUT2D eigenvalue weighted by atomic mass is 10.1. The monoisotopic (exact) mass is 569 g/mol. The van der Waals surface area contributed by atoms with Crippen molar-refractivity contribution in [3.8, 4) is 5.75 Å². The third-order valence-corrected chi connectivity index (χ3v) is 5.58. The summed E-state index contributed by atoms with van der Waals surface area (Å²) in [6, 6.07) is 7.99. The first-order chi connectivity index (χ1) is 15.4. The molecule has 33 heavy (non-hydrogen) atoms. The number of benzene rings is 1. The van der Waals surface area contributed by atoms with E-state index in [1.54, 1.807) is 0 Å². The molecule has 1 heterocycles. The summed E-state index contributed by atoms with van der Waals surface area (Å²) < 4.78 is 13.4. The molecule has 0 unspecified atom stereocenters. The van der Waals surface area contributed by atoms with E-state index in [1.165, 1.54) is 24.1 Å². The molecule has 1 aliphatic carbocycles. The molecule has 1 aromatic carbocycles. The van der Waals surface area contributed by atoms with Gasteiger partial charge < -0.3 is 20.1 Å². The minimum Gasteiger partial charge on any atom is -0.491 e. The molecule has 0 bridgehead atoms. The van der Waals surface area contributed by atoms with Crippen LogP contribution in [0.2, 0.25) is 0 Å². The van der Waals surface area contributed by atoms with Gasteiger partial charge in [0.1, 0.15) is 5.75 Å². The summed E-state index contributed by atoms with van der Waals surface area (Å²) in [4.78, 5) is 4.77. The van der Waals surface area contributed by atoms with Crippen LogP contribution in [0.25, 0.3) is 0 Å². The van der Waals surface area contributed by atoms with Gasteiger partial charge in [0.25, 0.3) is 0 Å². The molecule has 3 rings (SSSR count). The fourth-order valence-corrected chi connectivity index (χ4v) is 3.54. The molecule has 7 nitrogen and oxygen atoms in total. The number of hydrogen-bond donors (Lipinski definition) is 2. The normalized spacial score (nSPS) is 13.7. The second-order valence-electron chi connectivity index (χ2n) is 8.87. The van der Waals surface area contributed by atoms with Crippen molar-refractivity contribution in [2.24, 2.45) is 18.0 Å². The average Bonchev–Trinajstić information content (AvgIpc) is 3.54. The first-order valence-electron chi connectivity index (χ1n) is 11.8. The molecule has 1 fully saturated rings. The van der Waals surface area contributed by atoms with Crippen molar-refractivity contribution in [2.75, 3.05) is 31.6 Å². The molecule has 0 aliphatic heterocycles. The number of halogens is 1. The highest BCUT2D eigenvalue weighted by molar-refractivity contribution is 14.0. The highest BCUT2D eigenvalue weighted by Crippen LogP contribution is 2.28. The molecule has 1 aliphatic rings. The summed E-state index contributed by atoms with van der Waals surface area (Å²) in [5.41, 5.74) is 4.57. The molecule has 8 heteroatoms. The molecular weight excluding hydrogens is 529 g/mol. The van der Waals surface area contributed by atoms with Gasteiger partial charge in [-0.25, -0.2) is 0 Å². The van der Waals surface area contributed by atoms with E-state index in [4.69, 9.17) is 14.5 Å². The van der Waals surface area contributed by atoms with Gasteiger partial charge in [0.15, 0.2) is 5.96 Å². The zero-order chi connectivity index (χ0) is 22.9. The van der Waals surface area contributed by atoms with Crippen molar-refractivity contribution in [3.63, 3.8) is 0 Å². The Kier molecular flexibility index (Phi) is 11.5. The predicted octanol–water partition coefficient (Wildman–Crippen LogP) is 4.86. The molecule has 184 valence electrons. The number of guanidine groups is 1. The number of ether oxygens (including phenoxy) is 2. The van der Waals surface area contributed by atoms with Crippen molar-refractivity contribution in [2.45, 2.75) is 59.5 Å². The Morgan fingerprint density at radius 3 is 2.55 bits per heavy atom. The molecule has 1 aromatic heterocycles.